The molecule has 111 heavy (non-hydrogen) atoms. The fourth-order valence-electron chi connectivity index (χ4n) is 23.9. The van der Waals surface area contributed by atoms with E-state index in [1.165, 1.54) is 103 Å². The molecule has 5 heteroatoms. The molecule has 1 aliphatic heterocycles. The van der Waals surface area contributed by atoms with Gasteiger partial charge in [-0.1, -0.05) is 260 Å². The Balaban J connectivity index is 0.727. The zero-order valence-corrected chi connectivity index (χ0v) is 65.6. The smallest absolute Gasteiger partial charge is 0.123 e. The van der Waals surface area contributed by atoms with Crippen molar-refractivity contribution >= 4 is 11.8 Å². The minimum absolute atomic E-state index is 0.00851. The largest absolute Gasteiger partial charge is 0.489 e. The SMILES string of the molecule is C=CC1=CCC(C2(C3CC(C)=CC=C3C)C3=C(C=CCC3)C3C=CC(N(C4=CC=C(C5CCC=C(C6=CCC(F)CC6)C5)CC4)C4=CC5c6cc(N(C7=CCC(c8cccc(-c9ccc(F)cc9)c8)C=C7)C7C=CC8=C(C7)C(C7=CC(C)=CCC7C)(c7ccc(C=C)cc7)C7C=CC=CC87)ccc6OC5CC4)=CC32)CC1. The van der Waals surface area contributed by atoms with E-state index in [9.17, 15) is 8.78 Å². The maximum atomic E-state index is 14.5. The van der Waals surface area contributed by atoms with Gasteiger partial charge >= 0.3 is 0 Å². The van der Waals surface area contributed by atoms with E-state index in [2.05, 4.69) is 269 Å². The Hall–Kier alpha value is -9.58. The molecule has 15 aliphatic rings. The van der Waals surface area contributed by atoms with Gasteiger partial charge in [0.1, 0.15) is 23.8 Å². The van der Waals surface area contributed by atoms with Gasteiger partial charge in [0.2, 0.25) is 0 Å². The summed E-state index contributed by atoms with van der Waals surface area (Å²) >= 11 is 0. The first kappa shape index (κ1) is 71.7. The topological polar surface area (TPSA) is 15.7 Å². The van der Waals surface area contributed by atoms with Crippen LogP contribution in [0.25, 0.3) is 17.2 Å². The minimum Gasteiger partial charge on any atom is -0.489 e. The van der Waals surface area contributed by atoms with Gasteiger partial charge in [0, 0.05) is 74.5 Å². The molecule has 0 fully saturated rings. The number of benzene rings is 4. The van der Waals surface area contributed by atoms with Crippen LogP contribution in [0.3, 0.4) is 0 Å². The van der Waals surface area contributed by atoms with E-state index in [0.717, 1.165) is 119 Å². The van der Waals surface area contributed by atoms with Crippen molar-refractivity contribution in [3.8, 4) is 16.9 Å². The van der Waals surface area contributed by atoms with Crippen LogP contribution in [0.4, 0.5) is 14.5 Å². The highest BCUT2D eigenvalue weighted by atomic mass is 19.1. The van der Waals surface area contributed by atoms with Crippen molar-refractivity contribution in [1.82, 2.24) is 4.90 Å². The van der Waals surface area contributed by atoms with Gasteiger partial charge in [-0.15, -0.1) is 0 Å². The molecule has 15 atom stereocenters. The molecule has 0 bridgehead atoms. The summed E-state index contributed by atoms with van der Waals surface area (Å²) in [5, 5.41) is 0. The Bertz CT molecular complexity index is 5170. The standard InChI is InChI=1S/C106H108F2N2O/c1-7-71-27-39-81(40-28-71)105(99-59-67(3)23-25-69(99)5)97-21-11-9-19-91(97)93-55-51-89(65-101(93)105)109(85-47-35-75(36-48-85)79-17-13-15-77(61-79)73-31-43-83(107)44-32-73)87-53-57-103-95(63-87)96-64-88(54-58-104(96)111-103)110(86-49-37-76(38-50-86)80-18-14-16-78(62-80)74-33-45-84(108)46-34-74)90-52-56-94-92-20-10-12-22-98(92)106(102(94)66-90,82-41-29-72(8-2)30-42-82)100-60-68(4)24-26-70(100)6/h7-11,13,15-17,19-21,23-24,26-29,31-33,35,37,39-40,43-44,47-49,51-53,55-57,59,61,63-64,66,69,75,80,82,84,89,91,94,96-97,100,102,104H,1-2,12,14,18,22,25,30,34,36,38,41-42,45-46,50,54,58,60,62,65H2,3-6H3. The Morgan fingerprint density at radius 3 is 2.26 bits per heavy atom. The quantitative estimate of drug-likeness (QED) is 0.111. The van der Waals surface area contributed by atoms with Gasteiger partial charge in [-0.25, -0.2) is 8.78 Å². The predicted octanol–water partition coefficient (Wildman–Crippen LogP) is 27.2. The monoisotopic (exact) mass is 1460 g/mol. The second-order valence-electron chi connectivity index (χ2n) is 35.1. The minimum atomic E-state index is -0.710. The molecule has 19 rings (SSSR count). The summed E-state index contributed by atoms with van der Waals surface area (Å²) in [5.74, 6) is 3.77. The first-order valence-electron chi connectivity index (χ1n) is 42.4. The van der Waals surface area contributed by atoms with E-state index in [0.29, 0.717) is 48.3 Å². The van der Waals surface area contributed by atoms with Gasteiger partial charge in [0.05, 0.1) is 6.04 Å². The second-order valence-corrected chi connectivity index (χ2v) is 35.1. The van der Waals surface area contributed by atoms with Gasteiger partial charge in [-0.3, -0.25) is 0 Å². The van der Waals surface area contributed by atoms with Crippen molar-refractivity contribution in [2.24, 2.45) is 52.8 Å². The number of halogens is 2. The third-order valence-electron chi connectivity index (χ3n) is 29.2. The normalized spacial score (nSPS) is 32.2. The summed E-state index contributed by atoms with van der Waals surface area (Å²) in [4.78, 5) is 5.50. The Morgan fingerprint density at radius 1 is 0.604 bits per heavy atom. The van der Waals surface area contributed by atoms with E-state index in [4.69, 9.17) is 4.74 Å². The zero-order valence-electron chi connectivity index (χ0n) is 65.6. The Morgan fingerprint density at radius 2 is 1.46 bits per heavy atom. The van der Waals surface area contributed by atoms with Crippen LogP contribution in [0, 0.1) is 58.6 Å². The van der Waals surface area contributed by atoms with Crippen LogP contribution < -0.4 is 9.64 Å². The zero-order chi connectivity index (χ0) is 75.2. The molecule has 0 N–H and O–H groups in total. The van der Waals surface area contributed by atoms with Crippen LogP contribution in [-0.2, 0) is 5.41 Å². The van der Waals surface area contributed by atoms with E-state index in [-0.39, 0.29) is 52.5 Å². The van der Waals surface area contributed by atoms with Crippen molar-refractivity contribution < 1.29 is 13.5 Å². The molecule has 0 spiro atoms. The van der Waals surface area contributed by atoms with Crippen molar-refractivity contribution in [3.05, 3.63) is 374 Å². The number of anilines is 1. The summed E-state index contributed by atoms with van der Waals surface area (Å²) in [5.41, 5.74) is 31.3. The van der Waals surface area contributed by atoms with Crippen molar-refractivity contribution in [1.29, 1.82) is 0 Å². The van der Waals surface area contributed by atoms with Crippen LogP contribution in [0.2, 0.25) is 0 Å². The number of rotatable bonds is 16. The average molecular weight is 1460 g/mol. The molecule has 3 nitrogen and oxygen atoms in total. The molecular weight excluding hydrogens is 1360 g/mol. The molecule has 14 aliphatic carbocycles. The molecule has 15 unspecified atom stereocenters. The fraction of sp³-hybridized carbons (Fsp3) is 0.358. The Labute approximate surface area is 659 Å². The number of ether oxygens (including phenoxy) is 1. The van der Waals surface area contributed by atoms with Crippen LogP contribution in [0.5, 0.6) is 5.75 Å². The maximum Gasteiger partial charge on any atom is 0.123 e. The highest BCUT2D eigenvalue weighted by Gasteiger charge is 2.61. The van der Waals surface area contributed by atoms with E-state index in [1.54, 1.807) is 34.4 Å². The van der Waals surface area contributed by atoms with Crippen LogP contribution in [0.15, 0.2) is 346 Å². The summed E-state index contributed by atoms with van der Waals surface area (Å²) in [7, 11) is 0. The summed E-state index contributed by atoms with van der Waals surface area (Å²) < 4.78 is 36.1. The van der Waals surface area contributed by atoms with Gasteiger partial charge in [-0.2, -0.15) is 0 Å². The highest BCUT2D eigenvalue weighted by Crippen LogP contribution is 2.69. The summed E-state index contributed by atoms with van der Waals surface area (Å²) in [6.45, 7) is 18.1. The lowest BCUT2D eigenvalue weighted by atomic mass is 9.50. The van der Waals surface area contributed by atoms with Gasteiger partial charge < -0.3 is 14.5 Å². The molecule has 0 aromatic heterocycles. The first-order valence-corrected chi connectivity index (χ1v) is 42.4. The summed E-state index contributed by atoms with van der Waals surface area (Å²) in [6.07, 6.45) is 82.2. The van der Waals surface area contributed by atoms with Gasteiger partial charge in [0.15, 0.2) is 0 Å². The number of hydrogen-bond donors (Lipinski definition) is 0. The van der Waals surface area contributed by atoms with Crippen LogP contribution >= 0.6 is 0 Å². The molecule has 4 aromatic carbocycles. The van der Waals surface area contributed by atoms with Crippen molar-refractivity contribution in [2.75, 3.05) is 4.90 Å². The maximum absolute atomic E-state index is 14.5. The summed E-state index contributed by atoms with van der Waals surface area (Å²) in [6, 6.07) is 32.4. The molecular formula is C106H108F2N2O. The lowest BCUT2D eigenvalue weighted by Crippen LogP contribution is -2.47. The Kier molecular flexibility index (Phi) is 19.1. The van der Waals surface area contributed by atoms with Crippen LogP contribution in [-0.4, -0.2) is 23.2 Å². The number of fused-ring (bicyclic) bond motifs is 7. The van der Waals surface area contributed by atoms with E-state index < -0.39 is 6.17 Å². The number of allylic oxidation sites excluding steroid dienone is 36. The highest BCUT2D eigenvalue weighted by molar-refractivity contribution is 5.70. The number of hydrogen-bond acceptors (Lipinski definition) is 3. The van der Waals surface area contributed by atoms with E-state index in [1.807, 2.05) is 18.2 Å². The lowest BCUT2D eigenvalue weighted by Gasteiger charge is -2.53. The van der Waals surface area contributed by atoms with Crippen LogP contribution in [0.1, 0.15) is 184 Å². The number of alkyl halides is 1. The first-order chi connectivity index (χ1) is 54.3. The average Bonchev–Trinajstić information content (AvgIpc) is 1.55. The van der Waals surface area contributed by atoms with Gasteiger partial charge in [-0.05, 0) is 277 Å². The third-order valence-corrected chi connectivity index (χ3v) is 29.2. The molecule has 562 valence electrons. The molecule has 1 heterocycles. The van der Waals surface area contributed by atoms with E-state index >= 15 is 0 Å². The number of nitrogens with zero attached hydrogens (tertiary/aromatic N) is 2. The lowest BCUT2D eigenvalue weighted by molar-refractivity contribution is 0.0693. The fourth-order valence-corrected chi connectivity index (χ4v) is 23.9. The molecule has 0 amide bonds. The molecule has 0 saturated carbocycles. The molecule has 0 saturated heterocycles. The predicted molar refractivity (Wildman–Crippen MR) is 456 cm³/mol. The molecule has 4 aromatic rings. The second kappa shape index (κ2) is 29.5. The van der Waals surface area contributed by atoms with Crippen molar-refractivity contribution in [3.63, 3.8) is 0 Å². The van der Waals surface area contributed by atoms with Crippen molar-refractivity contribution in [2.45, 2.75) is 185 Å². The van der Waals surface area contributed by atoms with Gasteiger partial charge in [0.25, 0.3) is 0 Å². The molecule has 0 radical (unpaired) electrons. The third kappa shape index (κ3) is 12.5.